The standard InChI is InChI=1S/C13H31N3O3/c1-12(8-17-4)7-13(15-3)5-6-18-10-16-11-19-9-14-2/h12-16H,5-11H2,1-4H3. The van der Waals surface area contributed by atoms with Gasteiger partial charge in [-0.3, -0.25) is 10.6 Å². The van der Waals surface area contributed by atoms with Gasteiger partial charge >= 0.3 is 0 Å². The van der Waals surface area contributed by atoms with E-state index in [0.717, 1.165) is 26.1 Å². The molecule has 0 aromatic rings. The summed E-state index contributed by atoms with van der Waals surface area (Å²) >= 11 is 0. The molecule has 0 aliphatic carbocycles. The van der Waals surface area contributed by atoms with Crippen molar-refractivity contribution in [1.82, 2.24) is 16.0 Å². The maximum atomic E-state index is 5.50. The molecule has 0 aromatic heterocycles. The fourth-order valence-electron chi connectivity index (χ4n) is 1.86. The topological polar surface area (TPSA) is 63.8 Å². The molecule has 0 heterocycles. The molecule has 0 fully saturated rings. The maximum Gasteiger partial charge on any atom is 0.1000 e. The van der Waals surface area contributed by atoms with Gasteiger partial charge in [0.1, 0.15) is 0 Å². The molecule has 0 bridgehead atoms. The minimum atomic E-state index is 0.477. The van der Waals surface area contributed by atoms with Gasteiger partial charge < -0.3 is 19.5 Å². The van der Waals surface area contributed by atoms with Crippen molar-refractivity contribution in [2.75, 3.05) is 54.6 Å². The molecule has 2 unspecified atom stereocenters. The molecule has 0 aromatic carbocycles. The van der Waals surface area contributed by atoms with Gasteiger partial charge in [-0.05, 0) is 32.9 Å². The van der Waals surface area contributed by atoms with E-state index in [1.807, 2.05) is 14.1 Å². The molecule has 19 heavy (non-hydrogen) atoms. The molecule has 0 aliphatic rings. The van der Waals surface area contributed by atoms with Gasteiger partial charge in [0.15, 0.2) is 0 Å². The van der Waals surface area contributed by atoms with Crippen molar-refractivity contribution in [2.24, 2.45) is 5.92 Å². The number of methoxy groups -OCH3 is 1. The summed E-state index contributed by atoms with van der Waals surface area (Å²) in [6, 6.07) is 0.477. The fraction of sp³-hybridized carbons (Fsp3) is 1.00. The normalized spacial score (nSPS) is 14.5. The van der Waals surface area contributed by atoms with Crippen LogP contribution in [0.4, 0.5) is 0 Å². The van der Waals surface area contributed by atoms with Crippen molar-refractivity contribution >= 4 is 0 Å². The highest BCUT2D eigenvalue weighted by Gasteiger charge is 2.11. The minimum absolute atomic E-state index is 0.477. The van der Waals surface area contributed by atoms with Crippen LogP contribution < -0.4 is 16.0 Å². The zero-order valence-corrected chi connectivity index (χ0v) is 12.8. The van der Waals surface area contributed by atoms with Crippen LogP contribution in [0, 0.1) is 5.92 Å². The van der Waals surface area contributed by atoms with Crippen LogP contribution in [0.2, 0.25) is 0 Å². The van der Waals surface area contributed by atoms with E-state index >= 15 is 0 Å². The predicted molar refractivity (Wildman–Crippen MR) is 77.0 cm³/mol. The first-order valence-electron chi connectivity index (χ1n) is 6.91. The zero-order chi connectivity index (χ0) is 14.3. The Labute approximate surface area is 117 Å². The number of ether oxygens (including phenoxy) is 3. The average Bonchev–Trinajstić information content (AvgIpc) is 2.40. The van der Waals surface area contributed by atoms with Gasteiger partial charge in [0.2, 0.25) is 0 Å². The minimum Gasteiger partial charge on any atom is -0.384 e. The highest BCUT2D eigenvalue weighted by molar-refractivity contribution is 4.67. The molecule has 3 N–H and O–H groups in total. The number of rotatable bonds is 14. The first-order valence-corrected chi connectivity index (χ1v) is 6.91. The number of nitrogens with one attached hydrogen (secondary N) is 3. The molecule has 0 radical (unpaired) electrons. The van der Waals surface area contributed by atoms with Crippen LogP contribution in [-0.4, -0.2) is 60.7 Å². The van der Waals surface area contributed by atoms with Gasteiger partial charge in [-0.25, -0.2) is 0 Å². The summed E-state index contributed by atoms with van der Waals surface area (Å²) in [5, 5.41) is 9.27. The number of hydrogen-bond donors (Lipinski definition) is 3. The van der Waals surface area contributed by atoms with Gasteiger partial charge in [-0.1, -0.05) is 6.92 Å². The molecule has 0 rings (SSSR count). The summed E-state index contributed by atoms with van der Waals surface area (Å²) in [4.78, 5) is 0. The van der Waals surface area contributed by atoms with E-state index in [2.05, 4.69) is 22.9 Å². The van der Waals surface area contributed by atoms with Crippen LogP contribution in [-0.2, 0) is 14.2 Å². The van der Waals surface area contributed by atoms with Crippen molar-refractivity contribution in [3.05, 3.63) is 0 Å². The van der Waals surface area contributed by atoms with Crippen LogP contribution in [0.1, 0.15) is 19.8 Å². The summed E-state index contributed by atoms with van der Waals surface area (Å²) < 4.78 is 15.8. The molecule has 116 valence electrons. The van der Waals surface area contributed by atoms with Gasteiger partial charge in [0.05, 0.1) is 20.2 Å². The van der Waals surface area contributed by atoms with E-state index < -0.39 is 0 Å². The Morgan fingerprint density at radius 3 is 2.42 bits per heavy atom. The van der Waals surface area contributed by atoms with Crippen LogP contribution >= 0.6 is 0 Å². The smallest absolute Gasteiger partial charge is 0.1000 e. The van der Waals surface area contributed by atoms with Gasteiger partial charge in [-0.2, -0.15) is 0 Å². The second-order valence-electron chi connectivity index (χ2n) is 4.72. The maximum absolute atomic E-state index is 5.50. The molecule has 2 atom stereocenters. The molecule has 6 nitrogen and oxygen atoms in total. The largest absolute Gasteiger partial charge is 0.384 e. The lowest BCUT2D eigenvalue weighted by Crippen LogP contribution is -2.30. The van der Waals surface area contributed by atoms with Crippen LogP contribution in [0.3, 0.4) is 0 Å². The fourth-order valence-corrected chi connectivity index (χ4v) is 1.86. The van der Waals surface area contributed by atoms with Gasteiger partial charge in [-0.15, -0.1) is 0 Å². The molecular weight excluding hydrogens is 246 g/mol. The van der Waals surface area contributed by atoms with Crippen molar-refractivity contribution < 1.29 is 14.2 Å². The predicted octanol–water partition coefficient (Wildman–Crippen LogP) is 0.352. The molecule has 6 heteroatoms. The monoisotopic (exact) mass is 277 g/mol. The zero-order valence-electron chi connectivity index (χ0n) is 12.8. The Hall–Kier alpha value is -0.240. The van der Waals surface area contributed by atoms with Gasteiger partial charge in [0.25, 0.3) is 0 Å². The first-order chi connectivity index (χ1) is 9.24. The lowest BCUT2D eigenvalue weighted by atomic mass is 10.0. The summed E-state index contributed by atoms with van der Waals surface area (Å²) in [5.74, 6) is 0.565. The van der Waals surface area contributed by atoms with Crippen molar-refractivity contribution in [3.63, 3.8) is 0 Å². The molecule has 0 amide bonds. The summed E-state index contributed by atoms with van der Waals surface area (Å²) in [5.41, 5.74) is 0. The van der Waals surface area contributed by atoms with Crippen molar-refractivity contribution in [1.29, 1.82) is 0 Å². The molecular formula is C13H31N3O3. The van der Waals surface area contributed by atoms with E-state index in [9.17, 15) is 0 Å². The first kappa shape index (κ1) is 18.8. The van der Waals surface area contributed by atoms with Gasteiger partial charge in [0, 0.05) is 26.4 Å². The molecule has 0 spiro atoms. The van der Waals surface area contributed by atoms with E-state index in [0.29, 0.717) is 32.2 Å². The molecule has 0 aliphatic heterocycles. The third kappa shape index (κ3) is 12.5. The van der Waals surface area contributed by atoms with E-state index in [4.69, 9.17) is 14.2 Å². The summed E-state index contributed by atoms with van der Waals surface area (Å²) in [7, 11) is 5.59. The lowest BCUT2D eigenvalue weighted by Gasteiger charge is -2.20. The Balaban J connectivity index is 3.40. The highest BCUT2D eigenvalue weighted by atomic mass is 16.5. The van der Waals surface area contributed by atoms with Crippen LogP contribution in [0.5, 0.6) is 0 Å². The van der Waals surface area contributed by atoms with Crippen LogP contribution in [0.15, 0.2) is 0 Å². The Morgan fingerprint density at radius 2 is 1.79 bits per heavy atom. The van der Waals surface area contributed by atoms with E-state index in [1.165, 1.54) is 0 Å². The van der Waals surface area contributed by atoms with E-state index in [1.54, 1.807) is 7.11 Å². The average molecular weight is 277 g/mol. The van der Waals surface area contributed by atoms with Crippen molar-refractivity contribution in [2.45, 2.75) is 25.8 Å². The summed E-state index contributed by atoms with van der Waals surface area (Å²) in [6.45, 7) is 5.32. The third-order valence-electron chi connectivity index (χ3n) is 2.81. The Kier molecular flexibility index (Phi) is 14.0. The highest BCUT2D eigenvalue weighted by Crippen LogP contribution is 2.09. The summed E-state index contributed by atoms with van der Waals surface area (Å²) in [6.07, 6.45) is 2.11. The van der Waals surface area contributed by atoms with Crippen LogP contribution in [0.25, 0.3) is 0 Å². The second-order valence-corrected chi connectivity index (χ2v) is 4.72. The SMILES string of the molecule is CNCOCNCOCCC(CC(C)COC)NC. The lowest BCUT2D eigenvalue weighted by molar-refractivity contribution is 0.0503. The third-order valence-corrected chi connectivity index (χ3v) is 2.81. The Bertz CT molecular complexity index is 185. The quantitative estimate of drug-likeness (QED) is 0.315. The Morgan fingerprint density at radius 1 is 1.05 bits per heavy atom. The molecule has 0 saturated heterocycles. The second kappa shape index (κ2) is 14.2. The van der Waals surface area contributed by atoms with E-state index in [-0.39, 0.29) is 0 Å². The van der Waals surface area contributed by atoms with Crippen molar-refractivity contribution in [3.8, 4) is 0 Å². The molecule has 0 saturated carbocycles. The number of hydrogen-bond acceptors (Lipinski definition) is 6.